The van der Waals surface area contributed by atoms with Crippen LogP contribution in [0.4, 0.5) is 5.69 Å². The molecule has 1 aromatic rings. The summed E-state index contributed by atoms with van der Waals surface area (Å²) in [5.74, 6) is 0.636. The fourth-order valence-electron chi connectivity index (χ4n) is 2.19. The number of aryl methyl sites for hydroxylation is 1. The van der Waals surface area contributed by atoms with Crippen LogP contribution in [0.2, 0.25) is 0 Å². The Balaban J connectivity index is 1.82. The Morgan fingerprint density at radius 2 is 2.39 bits per heavy atom. The summed E-state index contributed by atoms with van der Waals surface area (Å²) in [4.78, 5) is 22.9. The van der Waals surface area contributed by atoms with E-state index in [9.17, 15) is 9.59 Å². The number of anilines is 1. The quantitative estimate of drug-likeness (QED) is 0.826. The first-order valence-electron chi connectivity index (χ1n) is 6.32. The second kappa shape index (κ2) is 5.82. The third-order valence-electron chi connectivity index (χ3n) is 3.31. The Bertz CT molecular complexity index is 475. The zero-order chi connectivity index (χ0) is 13.0. The van der Waals surface area contributed by atoms with Crippen molar-refractivity contribution >= 4 is 11.6 Å². The zero-order valence-electron chi connectivity index (χ0n) is 10.6. The van der Waals surface area contributed by atoms with Gasteiger partial charge in [0, 0.05) is 25.7 Å². The normalized spacial score (nSPS) is 18.8. The maximum Gasteiger partial charge on any atom is 0.250 e. The van der Waals surface area contributed by atoms with Crippen molar-refractivity contribution < 1.29 is 4.79 Å². The smallest absolute Gasteiger partial charge is 0.250 e. The second-order valence-corrected chi connectivity index (χ2v) is 4.81. The summed E-state index contributed by atoms with van der Waals surface area (Å²) in [6.45, 7) is 2.08. The molecule has 98 valence electrons. The van der Waals surface area contributed by atoms with Crippen LogP contribution in [-0.4, -0.2) is 23.6 Å². The molecule has 0 aromatic carbocycles. The number of hydrogen-bond acceptors (Lipinski definition) is 3. The van der Waals surface area contributed by atoms with Crippen molar-refractivity contribution in [3.8, 4) is 0 Å². The van der Waals surface area contributed by atoms with Crippen LogP contribution in [0, 0.1) is 5.92 Å². The van der Waals surface area contributed by atoms with E-state index in [4.69, 9.17) is 0 Å². The Morgan fingerprint density at radius 1 is 1.56 bits per heavy atom. The highest BCUT2D eigenvalue weighted by molar-refractivity contribution is 5.90. The first kappa shape index (κ1) is 12.8. The van der Waals surface area contributed by atoms with Gasteiger partial charge in [0.2, 0.25) is 11.5 Å². The lowest BCUT2D eigenvalue weighted by molar-refractivity contribution is -0.116. The van der Waals surface area contributed by atoms with E-state index in [1.807, 2.05) is 0 Å². The number of amides is 1. The van der Waals surface area contributed by atoms with E-state index in [0.717, 1.165) is 25.9 Å². The average molecular weight is 249 g/mol. The summed E-state index contributed by atoms with van der Waals surface area (Å²) in [6, 6.07) is 3.09. The van der Waals surface area contributed by atoms with Crippen LogP contribution in [0.25, 0.3) is 0 Å². The maximum atomic E-state index is 11.7. The molecule has 18 heavy (non-hydrogen) atoms. The van der Waals surface area contributed by atoms with Crippen LogP contribution in [0.1, 0.15) is 19.3 Å². The predicted octanol–water partition coefficient (Wildman–Crippen LogP) is 0.713. The molecule has 1 atom stereocenters. The predicted molar refractivity (Wildman–Crippen MR) is 70.5 cm³/mol. The third-order valence-corrected chi connectivity index (χ3v) is 3.31. The lowest BCUT2D eigenvalue weighted by Crippen LogP contribution is -2.18. The molecular formula is C13H19N3O2. The highest BCUT2D eigenvalue weighted by Crippen LogP contribution is 2.14. The summed E-state index contributed by atoms with van der Waals surface area (Å²) in [6.07, 6.45) is 4.25. The van der Waals surface area contributed by atoms with Gasteiger partial charge in [-0.3, -0.25) is 9.59 Å². The minimum atomic E-state index is -0.0787. The van der Waals surface area contributed by atoms with Crippen LogP contribution < -0.4 is 16.2 Å². The molecule has 5 nitrogen and oxygen atoms in total. The third kappa shape index (κ3) is 3.43. The van der Waals surface area contributed by atoms with E-state index in [1.165, 1.54) is 10.6 Å². The molecule has 5 heteroatoms. The highest BCUT2D eigenvalue weighted by atomic mass is 16.1. The molecular weight excluding hydrogens is 230 g/mol. The molecule has 1 aromatic heterocycles. The number of carbonyl (C=O) groups is 1. The van der Waals surface area contributed by atoms with Gasteiger partial charge >= 0.3 is 0 Å². The molecule has 2 N–H and O–H groups in total. The molecule has 1 aliphatic heterocycles. The van der Waals surface area contributed by atoms with Gasteiger partial charge in [-0.1, -0.05) is 0 Å². The van der Waals surface area contributed by atoms with Crippen LogP contribution in [0.5, 0.6) is 0 Å². The van der Waals surface area contributed by atoms with Crippen LogP contribution in [0.3, 0.4) is 0 Å². The molecule has 0 bridgehead atoms. The molecule has 2 rings (SSSR count). The van der Waals surface area contributed by atoms with Crippen LogP contribution >= 0.6 is 0 Å². The molecule has 1 amide bonds. The summed E-state index contributed by atoms with van der Waals surface area (Å²) in [7, 11) is 1.67. The molecule has 0 saturated carbocycles. The molecule has 1 saturated heterocycles. The van der Waals surface area contributed by atoms with Gasteiger partial charge in [0.25, 0.3) is 0 Å². The number of aromatic nitrogens is 1. The lowest BCUT2D eigenvalue weighted by atomic mass is 10.0. The van der Waals surface area contributed by atoms with E-state index in [0.29, 0.717) is 18.0 Å². The van der Waals surface area contributed by atoms with Gasteiger partial charge in [0.05, 0.1) is 5.69 Å². The Morgan fingerprint density at radius 3 is 3.06 bits per heavy atom. The SMILES string of the molecule is Cn1cc(NC(=O)CCC2CCNC2)ccc1=O. The molecule has 2 heterocycles. The topological polar surface area (TPSA) is 63.1 Å². The van der Waals surface area contributed by atoms with E-state index in [1.54, 1.807) is 19.3 Å². The molecule has 1 unspecified atom stereocenters. The lowest BCUT2D eigenvalue weighted by Gasteiger charge is -2.09. The van der Waals surface area contributed by atoms with Crippen molar-refractivity contribution in [3.63, 3.8) is 0 Å². The minimum absolute atomic E-state index is 0.0144. The molecule has 0 radical (unpaired) electrons. The van der Waals surface area contributed by atoms with Gasteiger partial charge in [-0.05, 0) is 37.9 Å². The Hall–Kier alpha value is -1.62. The van der Waals surface area contributed by atoms with Crippen molar-refractivity contribution in [3.05, 3.63) is 28.7 Å². The monoisotopic (exact) mass is 249 g/mol. The van der Waals surface area contributed by atoms with E-state index in [-0.39, 0.29) is 11.5 Å². The molecule has 1 aliphatic rings. The van der Waals surface area contributed by atoms with Crippen LogP contribution in [0.15, 0.2) is 23.1 Å². The van der Waals surface area contributed by atoms with Crippen molar-refractivity contribution in [2.24, 2.45) is 13.0 Å². The standard InChI is InChI=1S/C13H19N3O2/c1-16-9-11(3-5-13(16)18)15-12(17)4-2-10-6-7-14-8-10/h3,5,9-10,14H,2,4,6-8H2,1H3,(H,15,17). The maximum absolute atomic E-state index is 11.7. The number of nitrogens with zero attached hydrogens (tertiary/aromatic N) is 1. The van der Waals surface area contributed by atoms with Gasteiger partial charge in [-0.2, -0.15) is 0 Å². The number of hydrogen-bond donors (Lipinski definition) is 2. The van der Waals surface area contributed by atoms with Crippen molar-refractivity contribution in [1.29, 1.82) is 0 Å². The first-order valence-corrected chi connectivity index (χ1v) is 6.32. The van der Waals surface area contributed by atoms with Gasteiger partial charge in [0.15, 0.2) is 0 Å². The highest BCUT2D eigenvalue weighted by Gasteiger charge is 2.15. The second-order valence-electron chi connectivity index (χ2n) is 4.81. The van der Waals surface area contributed by atoms with Crippen molar-refractivity contribution in [2.75, 3.05) is 18.4 Å². The number of carbonyl (C=O) groups excluding carboxylic acids is 1. The van der Waals surface area contributed by atoms with Gasteiger partial charge in [0.1, 0.15) is 0 Å². The zero-order valence-corrected chi connectivity index (χ0v) is 10.6. The summed E-state index contributed by atoms with van der Waals surface area (Å²) in [5.41, 5.74) is 0.594. The summed E-state index contributed by atoms with van der Waals surface area (Å²) in [5, 5.41) is 6.10. The van der Waals surface area contributed by atoms with E-state index in [2.05, 4.69) is 10.6 Å². The van der Waals surface area contributed by atoms with Gasteiger partial charge in [-0.15, -0.1) is 0 Å². The molecule has 0 aliphatic carbocycles. The van der Waals surface area contributed by atoms with Crippen molar-refractivity contribution in [2.45, 2.75) is 19.3 Å². The van der Waals surface area contributed by atoms with E-state index < -0.39 is 0 Å². The van der Waals surface area contributed by atoms with Gasteiger partial charge < -0.3 is 15.2 Å². The largest absolute Gasteiger partial charge is 0.325 e. The van der Waals surface area contributed by atoms with E-state index >= 15 is 0 Å². The minimum Gasteiger partial charge on any atom is -0.325 e. The Kier molecular flexibility index (Phi) is 4.15. The number of pyridine rings is 1. The Labute approximate surface area is 106 Å². The molecule has 0 spiro atoms. The summed E-state index contributed by atoms with van der Waals surface area (Å²) >= 11 is 0. The molecule has 1 fully saturated rings. The first-order chi connectivity index (χ1) is 8.65. The van der Waals surface area contributed by atoms with Gasteiger partial charge in [-0.25, -0.2) is 0 Å². The number of nitrogens with one attached hydrogen (secondary N) is 2. The van der Waals surface area contributed by atoms with Crippen LogP contribution in [-0.2, 0) is 11.8 Å². The number of rotatable bonds is 4. The fourth-order valence-corrected chi connectivity index (χ4v) is 2.19. The summed E-state index contributed by atoms with van der Waals surface area (Å²) < 4.78 is 1.45. The average Bonchev–Trinajstić information content (AvgIpc) is 2.84. The fraction of sp³-hybridized carbons (Fsp3) is 0.538. The van der Waals surface area contributed by atoms with Crippen molar-refractivity contribution in [1.82, 2.24) is 9.88 Å².